The number of nitrogens with one attached hydrogen (secondary N) is 2. The van der Waals surface area contributed by atoms with E-state index in [4.69, 9.17) is 21.1 Å². The molecule has 0 fully saturated rings. The van der Waals surface area contributed by atoms with Crippen molar-refractivity contribution in [1.29, 1.82) is 0 Å². The summed E-state index contributed by atoms with van der Waals surface area (Å²) in [6.07, 6.45) is 3.09. The lowest BCUT2D eigenvalue weighted by Gasteiger charge is -2.19. The van der Waals surface area contributed by atoms with Gasteiger partial charge in [0.25, 0.3) is 0 Å². The van der Waals surface area contributed by atoms with Gasteiger partial charge in [0.2, 0.25) is 11.8 Å². The second kappa shape index (κ2) is 12.6. The van der Waals surface area contributed by atoms with Crippen LogP contribution < -0.4 is 15.4 Å². The van der Waals surface area contributed by atoms with Crippen LogP contribution in [-0.4, -0.2) is 43.1 Å². The van der Waals surface area contributed by atoms with Crippen LogP contribution in [0.5, 0.6) is 11.5 Å². The minimum atomic E-state index is -0.897. The maximum absolute atomic E-state index is 13.0. The third-order valence-corrected chi connectivity index (χ3v) is 5.41. The molecule has 184 valence electrons. The lowest BCUT2D eigenvalue weighted by atomic mass is 10.2. The molecule has 1 unspecified atom stereocenters. The summed E-state index contributed by atoms with van der Waals surface area (Å²) >= 11 is 6.00. The van der Waals surface area contributed by atoms with Crippen LogP contribution >= 0.6 is 11.6 Å². The molecule has 8 nitrogen and oxygen atoms in total. The highest BCUT2D eigenvalue weighted by Crippen LogP contribution is 2.25. The van der Waals surface area contributed by atoms with Gasteiger partial charge in [-0.2, -0.15) is 0 Å². The van der Waals surface area contributed by atoms with Gasteiger partial charge in [-0.25, -0.2) is 4.99 Å². The first-order chi connectivity index (χ1) is 17.5. The predicted octanol–water partition coefficient (Wildman–Crippen LogP) is 4.64. The Morgan fingerprint density at radius 1 is 0.972 bits per heavy atom. The second-order valence-electron chi connectivity index (χ2n) is 8.03. The summed E-state index contributed by atoms with van der Waals surface area (Å²) in [6, 6.07) is 22.3. The number of benzene rings is 3. The second-order valence-corrected chi connectivity index (χ2v) is 8.46. The zero-order chi connectivity index (χ0) is 25.2. The first-order valence-electron chi connectivity index (χ1n) is 11.4. The molecule has 2 amide bonds. The fourth-order valence-corrected chi connectivity index (χ4v) is 3.58. The highest BCUT2D eigenvalue weighted by molar-refractivity contribution is 6.30. The Bertz CT molecular complexity index is 1220. The maximum atomic E-state index is 13.0. The van der Waals surface area contributed by atoms with Gasteiger partial charge >= 0.3 is 0 Å². The Labute approximate surface area is 214 Å². The lowest BCUT2D eigenvalue weighted by molar-refractivity contribution is -0.128. The summed E-state index contributed by atoms with van der Waals surface area (Å²) in [4.78, 5) is 33.5. The van der Waals surface area contributed by atoms with E-state index in [0.717, 1.165) is 5.56 Å². The zero-order valence-electron chi connectivity index (χ0n) is 19.3. The Balaban J connectivity index is 1.36. The van der Waals surface area contributed by atoms with E-state index in [1.54, 1.807) is 54.7 Å². The Morgan fingerprint density at radius 3 is 2.50 bits per heavy atom. The number of anilines is 1. The number of rotatable bonds is 11. The van der Waals surface area contributed by atoms with Crippen molar-refractivity contribution in [2.45, 2.75) is 25.1 Å². The molecule has 4 rings (SSSR count). The van der Waals surface area contributed by atoms with E-state index in [1.807, 2.05) is 30.3 Å². The molecule has 9 heteroatoms. The molecule has 1 heterocycles. The Morgan fingerprint density at radius 2 is 1.78 bits per heavy atom. The summed E-state index contributed by atoms with van der Waals surface area (Å²) in [7, 11) is 0. The molecule has 1 aliphatic rings. The zero-order valence-corrected chi connectivity index (χ0v) is 20.1. The molecule has 36 heavy (non-hydrogen) atoms. The molecule has 1 aliphatic heterocycles. The molecule has 0 spiro atoms. The van der Waals surface area contributed by atoms with Gasteiger partial charge in [-0.05, 0) is 48.0 Å². The van der Waals surface area contributed by atoms with Crippen molar-refractivity contribution in [2.24, 2.45) is 9.98 Å². The molecule has 2 atom stereocenters. The van der Waals surface area contributed by atoms with Crippen molar-refractivity contribution in [2.75, 3.05) is 11.9 Å². The van der Waals surface area contributed by atoms with Gasteiger partial charge in [-0.1, -0.05) is 48.0 Å². The van der Waals surface area contributed by atoms with Gasteiger partial charge in [0.05, 0.1) is 25.7 Å². The van der Waals surface area contributed by atoms with Crippen LogP contribution in [0.15, 0.2) is 88.8 Å². The van der Waals surface area contributed by atoms with Gasteiger partial charge < -0.3 is 20.1 Å². The normalized spacial score (nSPS) is 14.9. The van der Waals surface area contributed by atoms with Gasteiger partial charge in [0, 0.05) is 16.9 Å². The first kappa shape index (κ1) is 25.1. The molecule has 0 aliphatic carbocycles. The van der Waals surface area contributed by atoms with Crippen molar-refractivity contribution in [1.82, 2.24) is 5.32 Å². The monoisotopic (exact) mass is 504 g/mol. The van der Waals surface area contributed by atoms with Crippen molar-refractivity contribution in [3.05, 3.63) is 89.4 Å². The van der Waals surface area contributed by atoms with E-state index in [9.17, 15) is 9.59 Å². The van der Waals surface area contributed by atoms with Crippen LogP contribution in [0, 0.1) is 0 Å². The Hall–Kier alpha value is -4.01. The predicted molar refractivity (Wildman–Crippen MR) is 140 cm³/mol. The molecule has 0 bridgehead atoms. The molecule has 0 saturated carbocycles. The van der Waals surface area contributed by atoms with Crippen molar-refractivity contribution in [3.63, 3.8) is 0 Å². The molecule has 0 radical (unpaired) electrons. The standard InChI is InChI=1S/C27H25ClN4O4/c28-20-7-4-8-24(13-20)36-23-11-9-21(10-12-23)31-27(34)25(17-35-16-19-5-2-1-3-6-19)32-26(33)14-22-15-29-18-30-22/h1-13,15,18,22,25H,14,16-17H2,(H,31,34)(H,32,33)/t22?,25-/m0/s1. The molecule has 0 aromatic heterocycles. The fourth-order valence-electron chi connectivity index (χ4n) is 3.40. The van der Waals surface area contributed by atoms with Crippen LogP contribution in [0.3, 0.4) is 0 Å². The van der Waals surface area contributed by atoms with E-state index >= 15 is 0 Å². The summed E-state index contributed by atoms with van der Waals surface area (Å²) in [5.74, 6) is 0.474. The summed E-state index contributed by atoms with van der Waals surface area (Å²) < 4.78 is 11.5. The van der Waals surface area contributed by atoms with Crippen molar-refractivity contribution < 1.29 is 19.1 Å². The minimum absolute atomic E-state index is 0.00442. The largest absolute Gasteiger partial charge is 0.457 e. The average molecular weight is 505 g/mol. The number of ether oxygens (including phenoxy) is 2. The van der Waals surface area contributed by atoms with Gasteiger partial charge in [-0.15, -0.1) is 0 Å². The molecular weight excluding hydrogens is 480 g/mol. The molecular formula is C27H25ClN4O4. The summed E-state index contributed by atoms with van der Waals surface area (Å²) in [6.45, 7) is 0.320. The highest BCUT2D eigenvalue weighted by atomic mass is 35.5. The van der Waals surface area contributed by atoms with Crippen molar-refractivity contribution in [3.8, 4) is 11.5 Å². The summed E-state index contributed by atoms with van der Waals surface area (Å²) in [5, 5.41) is 6.15. The first-order valence-corrected chi connectivity index (χ1v) is 11.7. The summed E-state index contributed by atoms with van der Waals surface area (Å²) in [5.41, 5.74) is 1.52. The number of hydrogen-bond donors (Lipinski definition) is 2. The number of aliphatic imine (C=N–C) groups is 2. The van der Waals surface area contributed by atoms with E-state index in [0.29, 0.717) is 28.8 Å². The molecule has 0 saturated heterocycles. The number of hydrogen-bond acceptors (Lipinski definition) is 6. The molecule has 3 aromatic carbocycles. The Kier molecular flexibility index (Phi) is 8.80. The fraction of sp³-hybridized carbons (Fsp3) is 0.185. The van der Waals surface area contributed by atoms with E-state index in [2.05, 4.69) is 20.6 Å². The van der Waals surface area contributed by atoms with Crippen LogP contribution in [-0.2, 0) is 20.9 Å². The SMILES string of the molecule is O=C(CC1C=NC=N1)N[C@@H](COCc1ccccc1)C(=O)Nc1ccc(Oc2cccc(Cl)c2)cc1. The maximum Gasteiger partial charge on any atom is 0.249 e. The van der Waals surface area contributed by atoms with Crippen molar-refractivity contribution >= 4 is 41.7 Å². The topological polar surface area (TPSA) is 101 Å². The number of halogens is 1. The van der Waals surface area contributed by atoms with Gasteiger partial charge in [-0.3, -0.25) is 14.6 Å². The molecule has 2 N–H and O–H groups in total. The third-order valence-electron chi connectivity index (χ3n) is 5.18. The van der Waals surface area contributed by atoms with E-state index < -0.39 is 11.9 Å². The van der Waals surface area contributed by atoms with Crippen LogP contribution in [0.2, 0.25) is 5.02 Å². The van der Waals surface area contributed by atoms with E-state index in [1.165, 1.54) is 6.34 Å². The van der Waals surface area contributed by atoms with Crippen LogP contribution in [0.25, 0.3) is 0 Å². The van der Waals surface area contributed by atoms with Gasteiger partial charge in [0.1, 0.15) is 23.9 Å². The quantitative estimate of drug-likeness (QED) is 0.397. The average Bonchev–Trinajstić information content (AvgIpc) is 3.38. The minimum Gasteiger partial charge on any atom is -0.457 e. The number of carbonyl (C=O) groups excluding carboxylic acids is 2. The molecule has 3 aromatic rings. The number of amides is 2. The van der Waals surface area contributed by atoms with Crippen LogP contribution in [0.4, 0.5) is 5.69 Å². The van der Waals surface area contributed by atoms with E-state index in [-0.39, 0.29) is 25.0 Å². The lowest BCUT2D eigenvalue weighted by Crippen LogP contribution is -2.47. The highest BCUT2D eigenvalue weighted by Gasteiger charge is 2.23. The smallest absolute Gasteiger partial charge is 0.249 e. The van der Waals surface area contributed by atoms with Gasteiger partial charge in [0.15, 0.2) is 0 Å². The number of carbonyl (C=O) groups is 2. The third kappa shape index (κ3) is 7.76. The van der Waals surface area contributed by atoms with Crippen LogP contribution in [0.1, 0.15) is 12.0 Å². The number of nitrogens with zero attached hydrogens (tertiary/aromatic N) is 2.